The van der Waals surface area contributed by atoms with Crippen molar-refractivity contribution in [2.75, 3.05) is 7.11 Å². The maximum absolute atomic E-state index is 11.4. The van der Waals surface area contributed by atoms with E-state index in [9.17, 15) is 10.2 Å². The van der Waals surface area contributed by atoms with E-state index < -0.39 is 11.7 Å². The summed E-state index contributed by atoms with van der Waals surface area (Å²) in [4.78, 5) is 0. The van der Waals surface area contributed by atoms with Crippen molar-refractivity contribution in [2.45, 2.75) is 30.7 Å². The highest BCUT2D eigenvalue weighted by Crippen LogP contribution is 2.63. The third-order valence-corrected chi connectivity index (χ3v) is 5.55. The molecule has 2 aromatic rings. The van der Waals surface area contributed by atoms with Crippen LogP contribution in [0.4, 0.5) is 0 Å². The predicted octanol–water partition coefficient (Wildman–Crippen LogP) is 3.03. The number of benzene rings is 2. The zero-order valence-corrected chi connectivity index (χ0v) is 13.5. The van der Waals surface area contributed by atoms with Gasteiger partial charge in [0.25, 0.3) is 0 Å². The molecule has 4 nitrogen and oxygen atoms in total. The smallest absolute Gasteiger partial charge is 0.134 e. The molecule has 1 aliphatic heterocycles. The lowest BCUT2D eigenvalue weighted by atomic mass is 9.64. The van der Waals surface area contributed by atoms with Gasteiger partial charge in [0.05, 0.1) is 13.0 Å². The van der Waals surface area contributed by atoms with Crippen LogP contribution in [-0.2, 0) is 0 Å². The quantitative estimate of drug-likeness (QED) is 0.847. The Kier molecular flexibility index (Phi) is 2.58. The predicted molar refractivity (Wildman–Crippen MR) is 89.2 cm³/mol. The molecule has 3 aliphatic rings. The normalized spacial score (nSPS) is 31.2. The number of hydrogen-bond acceptors (Lipinski definition) is 4. The molecule has 0 unspecified atom stereocenters. The molecule has 0 aromatic heterocycles. The molecule has 0 amide bonds. The molecule has 0 fully saturated rings. The van der Waals surface area contributed by atoms with Crippen molar-refractivity contribution < 1.29 is 19.7 Å². The Morgan fingerprint density at radius 2 is 2.04 bits per heavy atom. The number of aliphatic hydroxyl groups is 2. The van der Waals surface area contributed by atoms with Crippen LogP contribution < -0.4 is 9.47 Å². The van der Waals surface area contributed by atoms with Crippen molar-refractivity contribution in [3.05, 3.63) is 64.2 Å². The fourth-order valence-electron chi connectivity index (χ4n) is 4.53. The maximum atomic E-state index is 11.4. The second-order valence-corrected chi connectivity index (χ2v) is 6.87. The molecule has 0 radical (unpaired) electrons. The van der Waals surface area contributed by atoms with E-state index >= 15 is 0 Å². The van der Waals surface area contributed by atoms with Crippen LogP contribution >= 0.6 is 0 Å². The lowest BCUT2D eigenvalue weighted by molar-refractivity contribution is -0.0881. The fraction of sp³-hybridized carbons (Fsp3) is 0.300. The Morgan fingerprint density at radius 3 is 2.83 bits per heavy atom. The van der Waals surface area contributed by atoms with Gasteiger partial charge < -0.3 is 19.7 Å². The van der Waals surface area contributed by atoms with E-state index in [0.717, 1.165) is 28.0 Å². The standard InChI is InChI=1S/C20H18O4/c1-10-8-11-6-7-20(22)17-15(11)14(9-10)24-18(17)12-4-3-5-13(23-2)16(12)19(20)21/h3-9,17-19,21-22H,1-2H3/t17-,18-,19+,20+/m1/s1. The van der Waals surface area contributed by atoms with Crippen LogP contribution in [0.2, 0.25) is 0 Å². The topological polar surface area (TPSA) is 58.9 Å². The second-order valence-electron chi connectivity index (χ2n) is 6.87. The second kappa shape index (κ2) is 4.41. The Labute approximate surface area is 140 Å². The largest absolute Gasteiger partial charge is 0.496 e. The summed E-state index contributed by atoms with van der Waals surface area (Å²) in [5.74, 6) is 1.05. The monoisotopic (exact) mass is 322 g/mol. The minimum absolute atomic E-state index is 0.317. The molecular weight excluding hydrogens is 304 g/mol. The molecule has 4 heteroatoms. The SMILES string of the molecule is COc1cccc2c1[C@H](O)[C@]1(O)C=Cc3cc(C)cc4c3[C@@H]1[C@@H]2O4. The molecule has 0 saturated carbocycles. The number of fused-ring (bicyclic) bond motifs is 2. The van der Waals surface area contributed by atoms with Gasteiger partial charge in [-0.05, 0) is 36.3 Å². The van der Waals surface area contributed by atoms with Gasteiger partial charge in [-0.25, -0.2) is 0 Å². The van der Waals surface area contributed by atoms with Crippen LogP contribution in [0.5, 0.6) is 11.5 Å². The third-order valence-electron chi connectivity index (χ3n) is 5.55. The van der Waals surface area contributed by atoms with E-state index in [2.05, 4.69) is 6.07 Å². The zero-order chi connectivity index (χ0) is 16.6. The molecule has 0 bridgehead atoms. The summed E-state index contributed by atoms with van der Waals surface area (Å²) in [5, 5.41) is 22.4. The van der Waals surface area contributed by atoms with E-state index in [-0.39, 0.29) is 12.0 Å². The van der Waals surface area contributed by atoms with Crippen molar-refractivity contribution in [1.29, 1.82) is 0 Å². The van der Waals surface area contributed by atoms with Crippen LogP contribution in [0.1, 0.15) is 45.9 Å². The first-order valence-corrected chi connectivity index (χ1v) is 8.12. The molecule has 4 atom stereocenters. The lowest BCUT2D eigenvalue weighted by Crippen LogP contribution is -2.47. The Bertz CT molecular complexity index is 901. The molecule has 1 heterocycles. The van der Waals surface area contributed by atoms with E-state index in [1.807, 2.05) is 31.2 Å². The van der Waals surface area contributed by atoms with Gasteiger partial charge in [-0.15, -0.1) is 0 Å². The van der Waals surface area contributed by atoms with Crippen LogP contribution in [0.15, 0.2) is 36.4 Å². The number of ether oxygens (including phenoxy) is 2. The first-order valence-electron chi connectivity index (χ1n) is 8.12. The van der Waals surface area contributed by atoms with E-state index in [0.29, 0.717) is 11.3 Å². The van der Waals surface area contributed by atoms with E-state index in [4.69, 9.17) is 9.47 Å². The number of rotatable bonds is 1. The first kappa shape index (κ1) is 14.1. The molecule has 0 saturated heterocycles. The summed E-state index contributed by atoms with van der Waals surface area (Å²) in [6, 6.07) is 9.74. The number of hydrogen-bond donors (Lipinski definition) is 2. The molecule has 5 rings (SSSR count). The van der Waals surface area contributed by atoms with E-state index in [1.54, 1.807) is 19.3 Å². The third kappa shape index (κ3) is 1.50. The van der Waals surface area contributed by atoms with Gasteiger partial charge in [-0.3, -0.25) is 0 Å². The van der Waals surface area contributed by atoms with Crippen LogP contribution in [0, 0.1) is 6.92 Å². The Morgan fingerprint density at radius 1 is 1.21 bits per heavy atom. The van der Waals surface area contributed by atoms with Crippen molar-refractivity contribution in [1.82, 2.24) is 0 Å². The van der Waals surface area contributed by atoms with Crippen molar-refractivity contribution >= 4 is 6.08 Å². The Balaban J connectivity index is 1.83. The maximum Gasteiger partial charge on any atom is 0.134 e. The average molecular weight is 322 g/mol. The molecule has 24 heavy (non-hydrogen) atoms. The van der Waals surface area contributed by atoms with Gasteiger partial charge in [-0.1, -0.05) is 24.3 Å². The minimum atomic E-state index is -1.40. The highest BCUT2D eigenvalue weighted by atomic mass is 16.5. The van der Waals surface area contributed by atoms with Gasteiger partial charge >= 0.3 is 0 Å². The summed E-state index contributed by atoms with van der Waals surface area (Å²) in [5.41, 5.74) is 3.25. The molecule has 2 aliphatic carbocycles. The highest BCUT2D eigenvalue weighted by molar-refractivity contribution is 5.70. The first-order chi connectivity index (χ1) is 11.5. The van der Waals surface area contributed by atoms with Crippen LogP contribution in [0.3, 0.4) is 0 Å². The van der Waals surface area contributed by atoms with Crippen LogP contribution in [0.25, 0.3) is 6.08 Å². The lowest BCUT2D eigenvalue weighted by Gasteiger charge is -2.45. The molecule has 122 valence electrons. The molecule has 2 aromatic carbocycles. The van der Waals surface area contributed by atoms with Crippen molar-refractivity contribution in [3.63, 3.8) is 0 Å². The van der Waals surface area contributed by atoms with Crippen molar-refractivity contribution in [2.24, 2.45) is 0 Å². The summed E-state index contributed by atoms with van der Waals surface area (Å²) in [6.45, 7) is 2.03. The Hall–Kier alpha value is -2.30. The van der Waals surface area contributed by atoms with Gasteiger partial charge in [-0.2, -0.15) is 0 Å². The van der Waals surface area contributed by atoms with Gasteiger partial charge in [0.2, 0.25) is 0 Å². The number of aryl methyl sites for hydroxylation is 1. The highest BCUT2D eigenvalue weighted by Gasteiger charge is 2.59. The minimum Gasteiger partial charge on any atom is -0.496 e. The average Bonchev–Trinajstić information content (AvgIpc) is 2.97. The van der Waals surface area contributed by atoms with Gasteiger partial charge in [0, 0.05) is 16.7 Å². The summed E-state index contributed by atoms with van der Waals surface area (Å²) in [6.07, 6.45) is 2.21. The van der Waals surface area contributed by atoms with Gasteiger partial charge in [0.15, 0.2) is 0 Å². The molecule has 2 N–H and O–H groups in total. The summed E-state index contributed by atoms with van der Waals surface area (Å²) in [7, 11) is 1.57. The summed E-state index contributed by atoms with van der Waals surface area (Å²) >= 11 is 0. The van der Waals surface area contributed by atoms with Crippen molar-refractivity contribution in [3.8, 4) is 11.5 Å². The zero-order valence-electron chi connectivity index (χ0n) is 13.5. The fourth-order valence-corrected chi connectivity index (χ4v) is 4.53. The van der Waals surface area contributed by atoms with Crippen LogP contribution in [-0.4, -0.2) is 22.9 Å². The van der Waals surface area contributed by atoms with E-state index in [1.165, 1.54) is 0 Å². The molecule has 0 spiro atoms. The molecular formula is C20H18O4. The number of methoxy groups -OCH3 is 1. The summed E-state index contributed by atoms with van der Waals surface area (Å²) < 4.78 is 11.7. The van der Waals surface area contributed by atoms with Gasteiger partial charge in [0.1, 0.15) is 29.3 Å². The number of aliphatic hydroxyl groups excluding tert-OH is 1.